The molecule has 0 saturated heterocycles. The van der Waals surface area contributed by atoms with E-state index in [1.54, 1.807) is 33.2 Å². The third-order valence-electron chi connectivity index (χ3n) is 4.23. The van der Waals surface area contributed by atoms with Crippen LogP contribution in [0.5, 0.6) is 11.5 Å². The predicted molar refractivity (Wildman–Crippen MR) is 131 cm³/mol. The molecule has 7 nitrogen and oxygen atoms in total. The monoisotopic (exact) mass is 526 g/mol. The molecule has 2 rings (SSSR count). The van der Waals surface area contributed by atoms with Gasteiger partial charge in [-0.15, -0.1) is 24.0 Å². The van der Waals surface area contributed by atoms with Crippen LogP contribution in [0.3, 0.4) is 0 Å². The molecule has 1 amide bonds. The molecule has 0 aliphatic heterocycles. The van der Waals surface area contributed by atoms with Gasteiger partial charge in [-0.1, -0.05) is 18.2 Å². The Hall–Kier alpha value is -2.49. The number of nitrogens with zero attached hydrogens (tertiary/aromatic N) is 2. The van der Waals surface area contributed by atoms with Gasteiger partial charge >= 0.3 is 0 Å². The Morgan fingerprint density at radius 1 is 1.10 bits per heavy atom. The quantitative estimate of drug-likeness (QED) is 0.314. The van der Waals surface area contributed by atoms with Crippen molar-refractivity contribution in [2.24, 2.45) is 4.99 Å². The first kappa shape index (κ1) is 25.5. The normalized spacial score (nSPS) is 11.7. The van der Waals surface area contributed by atoms with Gasteiger partial charge in [0.25, 0.3) is 5.91 Å². The number of hydrogen-bond acceptors (Lipinski definition) is 4. The minimum Gasteiger partial charge on any atom is -0.497 e. The Morgan fingerprint density at radius 3 is 2.37 bits per heavy atom. The molecule has 2 aromatic carbocycles. The molecule has 0 saturated carbocycles. The van der Waals surface area contributed by atoms with Gasteiger partial charge < -0.3 is 25.0 Å². The van der Waals surface area contributed by atoms with E-state index in [0.717, 1.165) is 17.1 Å². The number of carbonyl (C=O) groups is 1. The molecule has 1 unspecified atom stereocenters. The second kappa shape index (κ2) is 12.9. The lowest BCUT2D eigenvalue weighted by Crippen LogP contribution is -2.41. The van der Waals surface area contributed by atoms with Crippen LogP contribution in [0, 0.1) is 0 Å². The summed E-state index contributed by atoms with van der Waals surface area (Å²) in [5.74, 6) is 2.19. The van der Waals surface area contributed by atoms with Crippen molar-refractivity contribution in [2.45, 2.75) is 19.6 Å². The van der Waals surface area contributed by atoms with Crippen molar-refractivity contribution in [1.29, 1.82) is 0 Å². The minimum absolute atomic E-state index is 0. The van der Waals surface area contributed by atoms with Gasteiger partial charge in [-0.05, 0) is 36.8 Å². The number of benzene rings is 2. The van der Waals surface area contributed by atoms with Crippen LogP contribution in [-0.4, -0.2) is 57.7 Å². The summed E-state index contributed by atoms with van der Waals surface area (Å²) in [5, 5.41) is 6.52. The number of carbonyl (C=O) groups excluding carboxylic acids is 1. The maximum absolute atomic E-state index is 11.9. The number of methoxy groups -OCH3 is 1. The van der Waals surface area contributed by atoms with Gasteiger partial charge in [0.2, 0.25) is 0 Å². The number of hydrogen-bond donors (Lipinski definition) is 2. The highest BCUT2D eigenvalue weighted by Crippen LogP contribution is 2.19. The summed E-state index contributed by atoms with van der Waals surface area (Å²) < 4.78 is 11.1. The summed E-state index contributed by atoms with van der Waals surface area (Å²) in [7, 11) is 6.84. The standard InChI is InChI=1S/C22H30N4O3.HI/c1-16(29-20-8-6-7-19(13-20)28-5)14-24-22(23-2)25-15-17-9-11-18(12-10-17)21(27)26(3)4;/h6-13,16H,14-15H2,1-5H3,(H2,23,24,25);1H. The van der Waals surface area contributed by atoms with E-state index in [9.17, 15) is 4.79 Å². The Morgan fingerprint density at radius 2 is 1.77 bits per heavy atom. The van der Waals surface area contributed by atoms with Gasteiger partial charge in [-0.3, -0.25) is 9.79 Å². The highest BCUT2D eigenvalue weighted by molar-refractivity contribution is 14.0. The molecule has 2 aromatic rings. The second-order valence-electron chi connectivity index (χ2n) is 6.81. The van der Waals surface area contributed by atoms with Crippen LogP contribution in [0.1, 0.15) is 22.8 Å². The third kappa shape index (κ3) is 8.10. The molecule has 0 aliphatic carbocycles. The van der Waals surface area contributed by atoms with Crippen LogP contribution in [0.4, 0.5) is 0 Å². The van der Waals surface area contributed by atoms with Crippen LogP contribution in [-0.2, 0) is 6.54 Å². The van der Waals surface area contributed by atoms with E-state index in [1.165, 1.54) is 0 Å². The SMILES string of the molecule is CN=C(NCc1ccc(C(=O)N(C)C)cc1)NCC(C)Oc1cccc(OC)c1.I. The second-order valence-corrected chi connectivity index (χ2v) is 6.81. The lowest BCUT2D eigenvalue weighted by atomic mass is 10.1. The molecule has 1 atom stereocenters. The minimum atomic E-state index is -0.0583. The fourth-order valence-corrected chi connectivity index (χ4v) is 2.62. The summed E-state index contributed by atoms with van der Waals surface area (Å²) in [6, 6.07) is 15.1. The molecule has 0 spiro atoms. The van der Waals surface area contributed by atoms with Crippen LogP contribution in [0.25, 0.3) is 0 Å². The van der Waals surface area contributed by atoms with Crippen molar-refractivity contribution < 1.29 is 14.3 Å². The fraction of sp³-hybridized carbons (Fsp3) is 0.364. The van der Waals surface area contributed by atoms with E-state index in [2.05, 4.69) is 15.6 Å². The molecule has 0 aliphatic rings. The van der Waals surface area contributed by atoms with E-state index in [0.29, 0.717) is 24.6 Å². The number of amides is 1. The van der Waals surface area contributed by atoms with Crippen molar-refractivity contribution in [1.82, 2.24) is 15.5 Å². The van der Waals surface area contributed by atoms with Crippen molar-refractivity contribution >= 4 is 35.8 Å². The molecule has 0 fully saturated rings. The molecular formula is C22H31IN4O3. The number of guanidine groups is 1. The van der Waals surface area contributed by atoms with Crippen molar-refractivity contribution in [3.8, 4) is 11.5 Å². The van der Waals surface area contributed by atoms with Gasteiger partial charge in [-0.2, -0.15) is 0 Å². The summed E-state index contributed by atoms with van der Waals surface area (Å²) in [4.78, 5) is 17.7. The fourth-order valence-electron chi connectivity index (χ4n) is 2.62. The van der Waals surface area contributed by atoms with Crippen molar-refractivity contribution in [3.63, 3.8) is 0 Å². The molecule has 2 N–H and O–H groups in total. The van der Waals surface area contributed by atoms with Gasteiger partial charge in [0.1, 0.15) is 17.6 Å². The summed E-state index contributed by atoms with van der Waals surface area (Å²) in [6.45, 7) is 3.18. The molecule has 8 heteroatoms. The number of rotatable bonds is 8. The highest BCUT2D eigenvalue weighted by Gasteiger charge is 2.09. The molecule has 0 heterocycles. The predicted octanol–water partition coefficient (Wildman–Crippen LogP) is 3.15. The van der Waals surface area contributed by atoms with E-state index in [-0.39, 0.29) is 36.0 Å². The number of halogens is 1. The van der Waals surface area contributed by atoms with E-state index >= 15 is 0 Å². The van der Waals surface area contributed by atoms with Gasteiger partial charge in [0, 0.05) is 39.3 Å². The molecule has 30 heavy (non-hydrogen) atoms. The average molecular weight is 526 g/mol. The Kier molecular flexibility index (Phi) is 11.0. The first-order valence-corrected chi connectivity index (χ1v) is 9.48. The van der Waals surface area contributed by atoms with Crippen LogP contribution in [0.15, 0.2) is 53.5 Å². The lowest BCUT2D eigenvalue weighted by molar-refractivity contribution is 0.0827. The lowest BCUT2D eigenvalue weighted by Gasteiger charge is -2.18. The van der Waals surface area contributed by atoms with Crippen LogP contribution in [0.2, 0.25) is 0 Å². The average Bonchev–Trinajstić information content (AvgIpc) is 2.73. The first-order valence-electron chi connectivity index (χ1n) is 9.48. The topological polar surface area (TPSA) is 75.2 Å². The zero-order chi connectivity index (χ0) is 21.2. The summed E-state index contributed by atoms with van der Waals surface area (Å²) in [6.07, 6.45) is -0.0583. The molecule has 0 radical (unpaired) electrons. The number of ether oxygens (including phenoxy) is 2. The Labute approximate surface area is 195 Å². The largest absolute Gasteiger partial charge is 0.497 e. The maximum Gasteiger partial charge on any atom is 0.253 e. The number of nitrogens with one attached hydrogen (secondary N) is 2. The molecule has 0 bridgehead atoms. The van der Waals surface area contributed by atoms with Crippen LogP contribution < -0.4 is 20.1 Å². The first-order chi connectivity index (χ1) is 13.9. The molecule has 0 aromatic heterocycles. The third-order valence-corrected chi connectivity index (χ3v) is 4.23. The smallest absolute Gasteiger partial charge is 0.253 e. The summed E-state index contributed by atoms with van der Waals surface area (Å²) in [5.41, 5.74) is 1.73. The van der Waals surface area contributed by atoms with Gasteiger partial charge in [0.15, 0.2) is 5.96 Å². The van der Waals surface area contributed by atoms with E-state index < -0.39 is 0 Å². The van der Waals surface area contributed by atoms with Gasteiger partial charge in [0.05, 0.1) is 13.7 Å². The van der Waals surface area contributed by atoms with Crippen molar-refractivity contribution in [2.75, 3.05) is 34.8 Å². The van der Waals surface area contributed by atoms with Crippen molar-refractivity contribution in [3.05, 3.63) is 59.7 Å². The maximum atomic E-state index is 11.9. The number of aliphatic imine (C=N–C) groups is 1. The zero-order valence-corrected chi connectivity index (χ0v) is 20.5. The molecule has 164 valence electrons. The highest BCUT2D eigenvalue weighted by atomic mass is 127. The zero-order valence-electron chi connectivity index (χ0n) is 18.1. The molecular weight excluding hydrogens is 495 g/mol. The van der Waals surface area contributed by atoms with E-state index in [1.807, 2.05) is 55.5 Å². The Bertz CT molecular complexity index is 825. The van der Waals surface area contributed by atoms with Crippen LogP contribution >= 0.6 is 24.0 Å². The Balaban J connectivity index is 0.00000450. The summed E-state index contributed by atoms with van der Waals surface area (Å²) >= 11 is 0. The van der Waals surface area contributed by atoms with Gasteiger partial charge in [-0.25, -0.2) is 0 Å². The van der Waals surface area contributed by atoms with E-state index in [4.69, 9.17) is 9.47 Å².